The second-order valence-electron chi connectivity index (χ2n) is 7.61. The lowest BCUT2D eigenvalue weighted by Crippen LogP contribution is -2.45. The molecule has 0 rings (SSSR count). The van der Waals surface area contributed by atoms with E-state index in [1.807, 2.05) is 0 Å². The van der Waals surface area contributed by atoms with Gasteiger partial charge in [-0.25, -0.2) is 4.79 Å². The van der Waals surface area contributed by atoms with Gasteiger partial charge in [0.2, 0.25) is 0 Å². The Morgan fingerprint density at radius 3 is 2.10 bits per heavy atom. The molecule has 0 unspecified atom stereocenters. The van der Waals surface area contributed by atoms with Crippen LogP contribution in [0.15, 0.2) is 0 Å². The van der Waals surface area contributed by atoms with E-state index in [2.05, 4.69) is 39.2 Å². The quantitative estimate of drug-likeness (QED) is 0.766. The van der Waals surface area contributed by atoms with Gasteiger partial charge in [-0.15, -0.1) is 0 Å². The zero-order valence-corrected chi connectivity index (χ0v) is 15.2. The van der Waals surface area contributed by atoms with Gasteiger partial charge in [0, 0.05) is 6.54 Å². The van der Waals surface area contributed by atoms with Crippen molar-refractivity contribution in [3.05, 3.63) is 0 Å². The molecule has 0 aliphatic rings. The molecular formula is C14H31NO4Si. The normalized spacial score (nSPS) is 14.8. The van der Waals surface area contributed by atoms with Gasteiger partial charge in [0.15, 0.2) is 8.32 Å². The molecule has 5 nitrogen and oxygen atoms in total. The second-order valence-corrected chi connectivity index (χ2v) is 12.4. The molecule has 0 heterocycles. The van der Waals surface area contributed by atoms with E-state index in [4.69, 9.17) is 9.16 Å². The number of hydrogen-bond acceptors (Lipinski definition) is 4. The number of aliphatic hydroxyl groups excluding tert-OH is 1. The average molecular weight is 305 g/mol. The van der Waals surface area contributed by atoms with Crippen LogP contribution in [0.4, 0.5) is 4.79 Å². The van der Waals surface area contributed by atoms with Crippen LogP contribution < -0.4 is 5.32 Å². The SMILES string of the molecule is CC(C)(C)OC(=O)NC[C@@H](O)CO[Si](C)(C)C(C)(C)C. The summed E-state index contributed by atoms with van der Waals surface area (Å²) in [4.78, 5) is 11.4. The van der Waals surface area contributed by atoms with Gasteiger partial charge in [-0.1, -0.05) is 20.8 Å². The van der Waals surface area contributed by atoms with Crippen LogP contribution in [0, 0.1) is 0 Å². The number of rotatable bonds is 5. The van der Waals surface area contributed by atoms with E-state index in [-0.39, 0.29) is 18.2 Å². The van der Waals surface area contributed by atoms with Crippen molar-refractivity contribution in [1.29, 1.82) is 0 Å². The molecule has 0 radical (unpaired) electrons. The summed E-state index contributed by atoms with van der Waals surface area (Å²) in [7, 11) is -1.87. The van der Waals surface area contributed by atoms with Gasteiger partial charge in [0.05, 0.1) is 12.7 Å². The van der Waals surface area contributed by atoms with Crippen molar-refractivity contribution in [2.45, 2.75) is 71.4 Å². The van der Waals surface area contributed by atoms with Crippen molar-refractivity contribution in [2.24, 2.45) is 0 Å². The van der Waals surface area contributed by atoms with Crippen LogP contribution in [-0.4, -0.2) is 44.4 Å². The molecule has 0 aromatic rings. The lowest BCUT2D eigenvalue weighted by atomic mass is 10.2. The van der Waals surface area contributed by atoms with E-state index in [0.29, 0.717) is 0 Å². The summed E-state index contributed by atoms with van der Waals surface area (Å²) in [6.07, 6.45) is -1.25. The first-order valence-corrected chi connectivity index (χ1v) is 9.94. The largest absolute Gasteiger partial charge is 0.444 e. The van der Waals surface area contributed by atoms with Crippen molar-refractivity contribution in [1.82, 2.24) is 5.32 Å². The van der Waals surface area contributed by atoms with Gasteiger partial charge >= 0.3 is 6.09 Å². The molecule has 2 N–H and O–H groups in total. The number of hydrogen-bond donors (Lipinski definition) is 2. The van der Waals surface area contributed by atoms with E-state index in [1.54, 1.807) is 20.8 Å². The number of nitrogens with one attached hydrogen (secondary N) is 1. The molecule has 0 saturated heterocycles. The fourth-order valence-electron chi connectivity index (χ4n) is 1.10. The van der Waals surface area contributed by atoms with Crippen LogP contribution in [0.1, 0.15) is 41.5 Å². The second kappa shape index (κ2) is 6.91. The predicted molar refractivity (Wildman–Crippen MR) is 83.4 cm³/mol. The lowest BCUT2D eigenvalue weighted by molar-refractivity contribution is 0.0457. The fourth-order valence-corrected chi connectivity index (χ4v) is 2.14. The molecule has 120 valence electrons. The average Bonchev–Trinajstić information content (AvgIpc) is 2.19. The van der Waals surface area contributed by atoms with Crippen molar-refractivity contribution in [3.8, 4) is 0 Å². The number of carbonyl (C=O) groups excluding carboxylic acids is 1. The molecule has 0 aromatic carbocycles. The Morgan fingerprint density at radius 1 is 1.20 bits per heavy atom. The summed E-state index contributed by atoms with van der Waals surface area (Å²) in [6.45, 7) is 16.4. The first kappa shape index (κ1) is 19.4. The zero-order chi connectivity index (χ0) is 16.2. The standard InChI is InChI=1S/C14H31NO4Si/c1-13(2,3)19-12(17)15-9-11(16)10-18-20(7,8)14(4,5)6/h11,16H,9-10H2,1-8H3,(H,15,17)/t11-/m1/s1. The maximum atomic E-state index is 11.4. The van der Waals surface area contributed by atoms with E-state index in [9.17, 15) is 9.90 Å². The molecule has 0 bridgehead atoms. The number of aliphatic hydroxyl groups is 1. The van der Waals surface area contributed by atoms with Crippen LogP contribution in [0.2, 0.25) is 18.1 Å². The number of amides is 1. The maximum absolute atomic E-state index is 11.4. The zero-order valence-electron chi connectivity index (χ0n) is 14.2. The summed E-state index contributed by atoms with van der Waals surface area (Å²) in [5.74, 6) is 0. The molecule has 0 aliphatic carbocycles. The third-order valence-electron chi connectivity index (χ3n) is 3.32. The minimum atomic E-state index is -1.87. The first-order chi connectivity index (χ1) is 8.74. The highest BCUT2D eigenvalue weighted by atomic mass is 28.4. The Bertz CT molecular complexity index is 318. The van der Waals surface area contributed by atoms with Crippen molar-refractivity contribution >= 4 is 14.4 Å². The Morgan fingerprint density at radius 2 is 1.70 bits per heavy atom. The highest BCUT2D eigenvalue weighted by molar-refractivity contribution is 6.74. The van der Waals surface area contributed by atoms with E-state index in [1.165, 1.54) is 0 Å². The number of alkyl carbamates (subject to hydrolysis) is 1. The van der Waals surface area contributed by atoms with Gasteiger partial charge in [-0.3, -0.25) is 0 Å². The lowest BCUT2D eigenvalue weighted by Gasteiger charge is -2.36. The Kier molecular flexibility index (Phi) is 6.71. The molecular weight excluding hydrogens is 274 g/mol. The third kappa shape index (κ3) is 7.87. The first-order valence-electron chi connectivity index (χ1n) is 7.03. The minimum absolute atomic E-state index is 0.102. The molecule has 1 atom stereocenters. The molecule has 0 aromatic heterocycles. The maximum Gasteiger partial charge on any atom is 0.407 e. The topological polar surface area (TPSA) is 67.8 Å². The molecule has 0 saturated carbocycles. The van der Waals surface area contributed by atoms with Gasteiger partial charge < -0.3 is 19.6 Å². The molecule has 1 amide bonds. The number of carbonyl (C=O) groups is 1. The van der Waals surface area contributed by atoms with Crippen molar-refractivity contribution in [3.63, 3.8) is 0 Å². The monoisotopic (exact) mass is 305 g/mol. The van der Waals surface area contributed by atoms with Gasteiger partial charge in [0.25, 0.3) is 0 Å². The smallest absolute Gasteiger partial charge is 0.407 e. The molecule has 20 heavy (non-hydrogen) atoms. The van der Waals surface area contributed by atoms with Crippen LogP contribution >= 0.6 is 0 Å². The van der Waals surface area contributed by atoms with Crippen LogP contribution in [0.5, 0.6) is 0 Å². The van der Waals surface area contributed by atoms with Gasteiger partial charge in [-0.05, 0) is 38.9 Å². The summed E-state index contributed by atoms with van der Waals surface area (Å²) < 4.78 is 11.0. The molecule has 0 spiro atoms. The number of ether oxygens (including phenoxy) is 1. The summed E-state index contributed by atoms with van der Waals surface area (Å²) in [5, 5.41) is 12.5. The van der Waals surface area contributed by atoms with Crippen molar-refractivity contribution < 1.29 is 19.1 Å². The Balaban J connectivity index is 4.08. The van der Waals surface area contributed by atoms with Crippen LogP contribution in [0.3, 0.4) is 0 Å². The van der Waals surface area contributed by atoms with E-state index in [0.717, 1.165) is 0 Å². The van der Waals surface area contributed by atoms with Crippen molar-refractivity contribution in [2.75, 3.05) is 13.2 Å². The summed E-state index contributed by atoms with van der Waals surface area (Å²) in [6, 6.07) is 0. The summed E-state index contributed by atoms with van der Waals surface area (Å²) in [5.41, 5.74) is -0.535. The Labute approximate surface area is 124 Å². The minimum Gasteiger partial charge on any atom is -0.444 e. The van der Waals surface area contributed by atoms with Crippen LogP contribution in [0.25, 0.3) is 0 Å². The Hall–Kier alpha value is -0.593. The molecule has 0 aliphatic heterocycles. The van der Waals surface area contributed by atoms with E-state index < -0.39 is 26.1 Å². The highest BCUT2D eigenvalue weighted by Crippen LogP contribution is 2.36. The fraction of sp³-hybridized carbons (Fsp3) is 0.929. The van der Waals surface area contributed by atoms with E-state index >= 15 is 0 Å². The summed E-state index contributed by atoms with van der Waals surface area (Å²) >= 11 is 0. The molecule has 6 heteroatoms. The molecule has 0 fully saturated rings. The van der Waals surface area contributed by atoms with Crippen LogP contribution in [-0.2, 0) is 9.16 Å². The third-order valence-corrected chi connectivity index (χ3v) is 7.82. The van der Waals surface area contributed by atoms with Gasteiger partial charge in [0.1, 0.15) is 5.60 Å². The van der Waals surface area contributed by atoms with Gasteiger partial charge in [-0.2, -0.15) is 0 Å². The predicted octanol–water partition coefficient (Wildman–Crippen LogP) is 2.89. The highest BCUT2D eigenvalue weighted by Gasteiger charge is 2.37.